The molecule has 0 spiro atoms. The fourth-order valence-electron chi connectivity index (χ4n) is 2.25. The van der Waals surface area contributed by atoms with Crippen LogP contribution in [0.2, 0.25) is 0 Å². The highest BCUT2D eigenvalue weighted by Crippen LogP contribution is 2.29. The Hall–Kier alpha value is -2.00. The Morgan fingerprint density at radius 3 is 2.58 bits per heavy atom. The van der Waals surface area contributed by atoms with Crippen molar-refractivity contribution in [3.63, 3.8) is 0 Å². The Labute approximate surface area is 156 Å². The van der Waals surface area contributed by atoms with Gasteiger partial charge in [-0.2, -0.15) is 13.5 Å². The zero-order valence-electron chi connectivity index (χ0n) is 13.7. The molecule has 1 aromatic carbocycles. The standard InChI is InChI=1S/C15H14Cl2F3N3O3/c1-3-26-12(24)15(16,17)7-9-4-5-10(18)11(6-9)23-14(25)22(13(19)20)8(2)21-23/h4-6,13H,3,7H2,1-2H3. The number of ether oxygens (including phenoxy) is 1. The molecule has 11 heteroatoms. The van der Waals surface area contributed by atoms with Gasteiger partial charge in [0.2, 0.25) is 4.33 Å². The van der Waals surface area contributed by atoms with E-state index in [1.807, 2.05) is 0 Å². The minimum absolute atomic E-state index is 0.0639. The fraction of sp³-hybridized carbons (Fsp3) is 0.400. The minimum atomic E-state index is -3.12. The Morgan fingerprint density at radius 2 is 2.04 bits per heavy atom. The molecule has 0 bridgehead atoms. The maximum absolute atomic E-state index is 14.1. The molecule has 0 amide bonds. The third kappa shape index (κ3) is 4.04. The molecule has 142 valence electrons. The molecular formula is C15H14Cl2F3N3O3. The van der Waals surface area contributed by atoms with E-state index in [1.54, 1.807) is 6.92 Å². The first-order valence-corrected chi connectivity index (χ1v) is 8.14. The van der Waals surface area contributed by atoms with Crippen molar-refractivity contribution in [3.8, 4) is 5.69 Å². The van der Waals surface area contributed by atoms with Crippen LogP contribution in [0.15, 0.2) is 23.0 Å². The summed E-state index contributed by atoms with van der Waals surface area (Å²) in [5, 5.41) is 3.65. The van der Waals surface area contributed by atoms with Gasteiger partial charge in [-0.1, -0.05) is 29.3 Å². The first-order valence-electron chi connectivity index (χ1n) is 7.38. The summed E-state index contributed by atoms with van der Waals surface area (Å²) in [6.07, 6.45) is -0.258. The van der Waals surface area contributed by atoms with E-state index in [0.29, 0.717) is 4.68 Å². The second-order valence-corrected chi connectivity index (χ2v) is 6.76. The van der Waals surface area contributed by atoms with Crippen molar-refractivity contribution in [2.45, 2.75) is 31.2 Å². The van der Waals surface area contributed by atoms with Crippen LogP contribution in [-0.4, -0.2) is 31.3 Å². The largest absolute Gasteiger partial charge is 0.464 e. The van der Waals surface area contributed by atoms with Crippen LogP contribution >= 0.6 is 23.2 Å². The smallest absolute Gasteiger partial charge is 0.355 e. The lowest BCUT2D eigenvalue weighted by molar-refractivity contribution is -0.143. The van der Waals surface area contributed by atoms with Crippen molar-refractivity contribution in [2.24, 2.45) is 0 Å². The molecule has 0 aliphatic carbocycles. The lowest BCUT2D eigenvalue weighted by Crippen LogP contribution is -2.31. The number of alkyl halides is 4. The van der Waals surface area contributed by atoms with Gasteiger partial charge in [-0.15, -0.1) is 5.10 Å². The molecule has 26 heavy (non-hydrogen) atoms. The molecule has 0 aliphatic rings. The zero-order chi connectivity index (χ0) is 19.6. The summed E-state index contributed by atoms with van der Waals surface area (Å²) < 4.78 is 43.4. The Kier molecular flexibility index (Phi) is 6.02. The van der Waals surface area contributed by atoms with E-state index < -0.39 is 28.4 Å². The molecule has 0 aliphatic heterocycles. The highest BCUT2D eigenvalue weighted by Gasteiger charge is 2.36. The number of aryl methyl sites for hydroxylation is 1. The lowest BCUT2D eigenvalue weighted by Gasteiger charge is -2.18. The van der Waals surface area contributed by atoms with Crippen molar-refractivity contribution >= 4 is 29.2 Å². The molecule has 2 rings (SSSR count). The molecule has 0 saturated heterocycles. The maximum atomic E-state index is 14.1. The first kappa shape index (κ1) is 20.3. The van der Waals surface area contributed by atoms with E-state index in [2.05, 4.69) is 5.10 Å². The summed E-state index contributed by atoms with van der Waals surface area (Å²) in [6.45, 7) is -0.292. The Morgan fingerprint density at radius 1 is 1.38 bits per heavy atom. The average Bonchev–Trinajstić information content (AvgIpc) is 2.83. The second-order valence-electron chi connectivity index (χ2n) is 5.28. The molecule has 0 N–H and O–H groups in total. The summed E-state index contributed by atoms with van der Waals surface area (Å²) in [5.74, 6) is -2.05. The Bertz CT molecular complexity index is 881. The van der Waals surface area contributed by atoms with E-state index in [1.165, 1.54) is 13.0 Å². The van der Waals surface area contributed by atoms with Crippen molar-refractivity contribution in [3.05, 3.63) is 45.9 Å². The molecule has 2 aromatic rings. The van der Waals surface area contributed by atoms with Gasteiger partial charge in [-0.25, -0.2) is 18.5 Å². The monoisotopic (exact) mass is 411 g/mol. The van der Waals surface area contributed by atoms with Crippen LogP contribution in [0.1, 0.15) is 24.9 Å². The third-order valence-corrected chi connectivity index (χ3v) is 3.99. The van der Waals surface area contributed by atoms with Crippen LogP contribution in [0.3, 0.4) is 0 Å². The third-order valence-electron chi connectivity index (χ3n) is 3.41. The van der Waals surface area contributed by atoms with E-state index in [-0.39, 0.29) is 34.7 Å². The SMILES string of the molecule is CCOC(=O)C(Cl)(Cl)Cc1ccc(F)c(-n2nc(C)n(C(F)F)c2=O)c1. The molecule has 0 unspecified atom stereocenters. The highest BCUT2D eigenvalue weighted by molar-refractivity contribution is 6.57. The number of nitrogens with zero attached hydrogens (tertiary/aromatic N) is 3. The molecule has 0 fully saturated rings. The number of esters is 1. The first-order chi connectivity index (χ1) is 12.1. The summed E-state index contributed by atoms with van der Waals surface area (Å²) in [6, 6.07) is 3.43. The van der Waals surface area contributed by atoms with Crippen LogP contribution in [-0.2, 0) is 16.0 Å². The number of rotatable bonds is 6. The normalized spacial score (nSPS) is 11.8. The topological polar surface area (TPSA) is 66.1 Å². The minimum Gasteiger partial charge on any atom is -0.464 e. The molecule has 0 atom stereocenters. The van der Waals surface area contributed by atoms with Gasteiger partial charge in [0, 0.05) is 6.42 Å². The highest BCUT2D eigenvalue weighted by atomic mass is 35.5. The van der Waals surface area contributed by atoms with Gasteiger partial charge in [0.25, 0.3) is 0 Å². The maximum Gasteiger partial charge on any atom is 0.355 e. The summed E-state index contributed by atoms with van der Waals surface area (Å²) >= 11 is 11.9. The quantitative estimate of drug-likeness (QED) is 0.540. The summed E-state index contributed by atoms with van der Waals surface area (Å²) in [5.41, 5.74) is -1.31. The predicted octanol–water partition coefficient (Wildman–Crippen LogP) is 3.16. The number of hydrogen-bond acceptors (Lipinski definition) is 4. The van der Waals surface area contributed by atoms with Gasteiger partial charge in [0.05, 0.1) is 6.61 Å². The van der Waals surface area contributed by atoms with E-state index >= 15 is 0 Å². The fourth-order valence-corrected chi connectivity index (χ4v) is 2.67. The van der Waals surface area contributed by atoms with E-state index in [0.717, 1.165) is 12.1 Å². The second kappa shape index (κ2) is 7.71. The summed E-state index contributed by atoms with van der Waals surface area (Å²) in [4.78, 5) is 23.8. The van der Waals surface area contributed by atoms with Gasteiger partial charge < -0.3 is 4.74 Å². The zero-order valence-corrected chi connectivity index (χ0v) is 15.2. The van der Waals surface area contributed by atoms with Crippen LogP contribution in [0.4, 0.5) is 13.2 Å². The molecule has 0 saturated carbocycles. The van der Waals surface area contributed by atoms with Crippen LogP contribution in [0, 0.1) is 12.7 Å². The molecule has 1 heterocycles. The number of carbonyl (C=O) groups is 1. The van der Waals surface area contributed by atoms with Gasteiger partial charge >= 0.3 is 18.2 Å². The van der Waals surface area contributed by atoms with Crippen molar-refractivity contribution in [2.75, 3.05) is 6.61 Å². The molecule has 1 aromatic heterocycles. The Balaban J connectivity index is 2.45. The number of benzene rings is 1. The molecule has 6 nitrogen and oxygen atoms in total. The van der Waals surface area contributed by atoms with E-state index in [4.69, 9.17) is 27.9 Å². The number of aromatic nitrogens is 3. The van der Waals surface area contributed by atoms with E-state index in [9.17, 15) is 22.8 Å². The van der Waals surface area contributed by atoms with Crippen LogP contribution < -0.4 is 5.69 Å². The molecular weight excluding hydrogens is 398 g/mol. The van der Waals surface area contributed by atoms with Crippen molar-refractivity contribution < 1.29 is 22.7 Å². The average molecular weight is 412 g/mol. The van der Waals surface area contributed by atoms with Crippen molar-refractivity contribution in [1.82, 2.24) is 14.3 Å². The predicted molar refractivity (Wildman–Crippen MR) is 88.5 cm³/mol. The molecule has 0 radical (unpaired) electrons. The van der Waals surface area contributed by atoms with Gasteiger partial charge in [-0.05, 0) is 31.5 Å². The van der Waals surface area contributed by atoms with Gasteiger partial charge in [0.1, 0.15) is 17.3 Å². The number of carbonyl (C=O) groups excluding carboxylic acids is 1. The van der Waals surface area contributed by atoms with Crippen molar-refractivity contribution in [1.29, 1.82) is 0 Å². The van der Waals surface area contributed by atoms with Gasteiger partial charge in [-0.3, -0.25) is 0 Å². The number of hydrogen-bond donors (Lipinski definition) is 0. The lowest BCUT2D eigenvalue weighted by atomic mass is 10.1. The van der Waals surface area contributed by atoms with Crippen LogP contribution in [0.5, 0.6) is 0 Å². The van der Waals surface area contributed by atoms with Crippen LogP contribution in [0.25, 0.3) is 5.69 Å². The summed E-state index contributed by atoms with van der Waals surface area (Å²) in [7, 11) is 0. The van der Waals surface area contributed by atoms with Gasteiger partial charge in [0.15, 0.2) is 0 Å². The number of halogens is 5.